The van der Waals surface area contributed by atoms with Crippen LogP contribution in [-0.2, 0) is 0 Å². The maximum absolute atomic E-state index is 9.99. The molecule has 0 bridgehead atoms. The van der Waals surface area contributed by atoms with Crippen molar-refractivity contribution in [1.82, 2.24) is 0 Å². The summed E-state index contributed by atoms with van der Waals surface area (Å²) in [6.45, 7) is 9.39. The molecule has 0 saturated heterocycles. The molecule has 3 N–H and O–H groups in total. The molecule has 0 aliphatic carbocycles. The van der Waals surface area contributed by atoms with Crippen molar-refractivity contribution in [3.8, 4) is 0 Å². The van der Waals surface area contributed by atoms with Crippen molar-refractivity contribution < 1.29 is 15.3 Å². The first kappa shape index (κ1) is 14.9. The Balaban J connectivity index is 4.36. The quantitative estimate of drug-likeness (QED) is 0.631. The van der Waals surface area contributed by atoms with E-state index in [1.807, 2.05) is 34.6 Å². The highest BCUT2D eigenvalue weighted by Gasteiger charge is 2.31. The minimum Gasteiger partial charge on any atom is -0.393 e. The predicted octanol–water partition coefficient (Wildman–Crippen LogP) is 1.41. The van der Waals surface area contributed by atoms with Crippen LogP contribution in [0, 0.1) is 17.8 Å². The highest BCUT2D eigenvalue weighted by molar-refractivity contribution is 4.81. The highest BCUT2D eigenvalue weighted by atomic mass is 16.3. The molecule has 0 aliphatic heterocycles. The van der Waals surface area contributed by atoms with E-state index in [4.69, 9.17) is 0 Å². The Morgan fingerprint density at radius 1 is 0.800 bits per heavy atom. The average Bonchev–Trinajstić information content (AvgIpc) is 2.23. The van der Waals surface area contributed by atoms with E-state index in [1.54, 1.807) is 0 Å². The van der Waals surface area contributed by atoms with Gasteiger partial charge in [0.1, 0.15) is 0 Å². The lowest BCUT2D eigenvalue weighted by Gasteiger charge is -2.32. The number of aliphatic hydroxyl groups is 3. The Morgan fingerprint density at radius 2 is 1.27 bits per heavy atom. The summed E-state index contributed by atoms with van der Waals surface area (Å²) >= 11 is 0. The summed E-state index contributed by atoms with van der Waals surface area (Å²) in [7, 11) is 0. The Kier molecular flexibility index (Phi) is 6.41. The molecule has 15 heavy (non-hydrogen) atoms. The van der Waals surface area contributed by atoms with Gasteiger partial charge in [0.2, 0.25) is 0 Å². The average molecular weight is 218 g/mol. The second kappa shape index (κ2) is 6.46. The zero-order valence-corrected chi connectivity index (χ0v) is 10.5. The zero-order chi connectivity index (χ0) is 12.2. The molecule has 3 heteroatoms. The maximum atomic E-state index is 9.99. The third kappa shape index (κ3) is 4.09. The lowest BCUT2D eigenvalue weighted by Crippen LogP contribution is -2.40. The van der Waals surface area contributed by atoms with Crippen LogP contribution in [0.4, 0.5) is 0 Å². The van der Waals surface area contributed by atoms with Gasteiger partial charge in [-0.15, -0.1) is 0 Å². The molecule has 92 valence electrons. The van der Waals surface area contributed by atoms with Gasteiger partial charge in [-0.1, -0.05) is 34.6 Å². The summed E-state index contributed by atoms with van der Waals surface area (Å²) < 4.78 is 0. The van der Waals surface area contributed by atoms with Gasteiger partial charge < -0.3 is 15.3 Å². The molecule has 0 rings (SSSR count). The van der Waals surface area contributed by atoms with Crippen molar-refractivity contribution in [2.24, 2.45) is 17.8 Å². The van der Waals surface area contributed by atoms with Gasteiger partial charge in [0.05, 0.1) is 18.3 Å². The lowest BCUT2D eigenvalue weighted by atomic mass is 9.82. The van der Waals surface area contributed by atoms with Crippen LogP contribution >= 0.6 is 0 Å². The zero-order valence-electron chi connectivity index (χ0n) is 10.5. The van der Waals surface area contributed by atoms with Gasteiger partial charge in [0.15, 0.2) is 0 Å². The minimum atomic E-state index is -0.655. The summed E-state index contributed by atoms with van der Waals surface area (Å²) in [6.07, 6.45) is -1.05. The minimum absolute atomic E-state index is 0.126. The normalized spacial score (nSPS) is 22.2. The summed E-state index contributed by atoms with van der Waals surface area (Å²) in [4.78, 5) is 0. The molecule has 0 heterocycles. The molecule has 0 saturated carbocycles. The maximum Gasteiger partial charge on any atom is 0.0640 e. The predicted molar refractivity (Wildman–Crippen MR) is 61.5 cm³/mol. The third-order valence-corrected chi connectivity index (χ3v) is 3.32. The fourth-order valence-electron chi connectivity index (χ4n) is 1.89. The molecule has 0 unspecified atom stereocenters. The molecule has 0 amide bonds. The number of rotatable bonds is 6. The van der Waals surface area contributed by atoms with Crippen LogP contribution in [0.3, 0.4) is 0 Å². The van der Waals surface area contributed by atoms with E-state index in [0.29, 0.717) is 6.42 Å². The first-order valence-electron chi connectivity index (χ1n) is 5.87. The van der Waals surface area contributed by atoms with Gasteiger partial charge >= 0.3 is 0 Å². The molecule has 0 aromatic heterocycles. The fraction of sp³-hybridized carbons (Fsp3) is 1.00. The molecule has 0 aromatic rings. The van der Waals surface area contributed by atoms with E-state index in [-0.39, 0.29) is 17.8 Å². The topological polar surface area (TPSA) is 60.7 Å². The lowest BCUT2D eigenvalue weighted by molar-refractivity contribution is -0.0558. The van der Waals surface area contributed by atoms with E-state index >= 15 is 0 Å². The largest absolute Gasteiger partial charge is 0.393 e. The van der Waals surface area contributed by atoms with Gasteiger partial charge in [0.25, 0.3) is 0 Å². The Bertz CT molecular complexity index is 170. The molecule has 0 aromatic carbocycles. The van der Waals surface area contributed by atoms with Gasteiger partial charge in [-0.3, -0.25) is 0 Å². The van der Waals surface area contributed by atoms with Crippen LogP contribution in [0.25, 0.3) is 0 Å². The van der Waals surface area contributed by atoms with Crippen molar-refractivity contribution in [3.05, 3.63) is 0 Å². The molecule has 0 radical (unpaired) electrons. The van der Waals surface area contributed by atoms with E-state index in [9.17, 15) is 15.3 Å². The summed E-state index contributed by atoms with van der Waals surface area (Å²) in [6, 6.07) is 0. The first-order chi connectivity index (χ1) is 6.82. The van der Waals surface area contributed by atoms with Crippen LogP contribution in [0.1, 0.15) is 41.0 Å². The van der Waals surface area contributed by atoms with Crippen LogP contribution in [-0.4, -0.2) is 33.6 Å². The van der Waals surface area contributed by atoms with Gasteiger partial charge in [-0.2, -0.15) is 0 Å². The van der Waals surface area contributed by atoms with Crippen molar-refractivity contribution in [2.45, 2.75) is 59.4 Å². The summed E-state index contributed by atoms with van der Waals surface area (Å²) in [5.74, 6) is -0.278. The van der Waals surface area contributed by atoms with Crippen molar-refractivity contribution in [3.63, 3.8) is 0 Å². The Labute approximate surface area is 93.1 Å². The van der Waals surface area contributed by atoms with Gasteiger partial charge in [-0.25, -0.2) is 0 Å². The number of aliphatic hydroxyl groups excluding tert-OH is 3. The second-order valence-electron chi connectivity index (χ2n) is 4.92. The smallest absolute Gasteiger partial charge is 0.0640 e. The van der Waals surface area contributed by atoms with E-state index in [2.05, 4.69) is 0 Å². The van der Waals surface area contributed by atoms with Gasteiger partial charge in [0, 0.05) is 11.8 Å². The molecular formula is C12H26O3. The Morgan fingerprint density at radius 3 is 1.60 bits per heavy atom. The van der Waals surface area contributed by atoms with Crippen LogP contribution < -0.4 is 0 Å². The third-order valence-electron chi connectivity index (χ3n) is 3.32. The molecule has 0 aliphatic rings. The van der Waals surface area contributed by atoms with Crippen molar-refractivity contribution in [2.75, 3.05) is 0 Å². The SMILES string of the molecule is CC[C@@H](O)[C@@H](C)[C@H](O)[C@H](C)[C@H](O)C(C)C. The Hall–Kier alpha value is -0.120. The van der Waals surface area contributed by atoms with E-state index < -0.39 is 18.3 Å². The molecule has 5 atom stereocenters. The summed E-state index contributed by atoms with van der Waals surface area (Å²) in [5.41, 5.74) is 0. The molecule has 3 nitrogen and oxygen atoms in total. The number of hydrogen-bond acceptors (Lipinski definition) is 3. The molecule has 0 fully saturated rings. The fourth-order valence-corrected chi connectivity index (χ4v) is 1.89. The van der Waals surface area contributed by atoms with Crippen LogP contribution in [0.5, 0.6) is 0 Å². The number of hydrogen-bond donors (Lipinski definition) is 3. The van der Waals surface area contributed by atoms with Crippen LogP contribution in [0.2, 0.25) is 0 Å². The van der Waals surface area contributed by atoms with E-state index in [1.165, 1.54) is 0 Å². The summed E-state index contributed by atoms with van der Waals surface area (Å²) in [5, 5.41) is 29.4. The monoisotopic (exact) mass is 218 g/mol. The standard InChI is InChI=1S/C12H26O3/c1-6-10(13)8(4)12(15)9(5)11(14)7(2)3/h7-15H,6H2,1-5H3/t8-,9-,10-,11-,12+/m1/s1. The van der Waals surface area contributed by atoms with E-state index in [0.717, 1.165) is 0 Å². The molecule has 0 spiro atoms. The van der Waals surface area contributed by atoms with Gasteiger partial charge in [-0.05, 0) is 12.3 Å². The highest BCUT2D eigenvalue weighted by Crippen LogP contribution is 2.23. The van der Waals surface area contributed by atoms with Crippen LogP contribution in [0.15, 0.2) is 0 Å². The van der Waals surface area contributed by atoms with Crippen molar-refractivity contribution in [1.29, 1.82) is 0 Å². The first-order valence-corrected chi connectivity index (χ1v) is 5.87. The van der Waals surface area contributed by atoms with Crippen molar-refractivity contribution >= 4 is 0 Å². The second-order valence-corrected chi connectivity index (χ2v) is 4.92. The molecular weight excluding hydrogens is 192 g/mol.